The number of hydrogen-bond acceptors (Lipinski definition) is 2. The number of amides is 3. The van der Waals surface area contributed by atoms with E-state index in [1.807, 2.05) is 0 Å². The first-order valence-corrected chi connectivity index (χ1v) is 6.94. The Labute approximate surface area is 116 Å². The van der Waals surface area contributed by atoms with Gasteiger partial charge in [0.05, 0.1) is 0 Å². The molecule has 5 heteroatoms. The van der Waals surface area contributed by atoms with E-state index in [-0.39, 0.29) is 24.5 Å². The van der Waals surface area contributed by atoms with Crippen LogP contribution in [-0.2, 0) is 4.79 Å². The van der Waals surface area contributed by atoms with E-state index in [9.17, 15) is 9.59 Å². The van der Waals surface area contributed by atoms with Crippen molar-refractivity contribution in [2.75, 3.05) is 11.4 Å². The molecule has 100 valence electrons. The fourth-order valence-corrected chi connectivity index (χ4v) is 3.07. The fraction of sp³-hybridized carbons (Fsp3) is 0.429. The van der Waals surface area contributed by atoms with Crippen molar-refractivity contribution >= 4 is 29.2 Å². The first-order chi connectivity index (χ1) is 9.16. The van der Waals surface area contributed by atoms with Crippen molar-refractivity contribution in [2.45, 2.75) is 31.7 Å². The van der Waals surface area contributed by atoms with Gasteiger partial charge in [-0.2, -0.15) is 0 Å². The molecule has 0 N–H and O–H groups in total. The van der Waals surface area contributed by atoms with Gasteiger partial charge in [0, 0.05) is 16.8 Å². The number of benzene rings is 1. The van der Waals surface area contributed by atoms with Gasteiger partial charge in [-0.15, -0.1) is 0 Å². The highest BCUT2D eigenvalue weighted by molar-refractivity contribution is 6.31. The van der Waals surface area contributed by atoms with Crippen LogP contribution in [0.1, 0.15) is 25.7 Å². The maximum Gasteiger partial charge on any atom is 0.331 e. The molecule has 3 rings (SSSR count). The molecule has 1 saturated carbocycles. The summed E-state index contributed by atoms with van der Waals surface area (Å²) in [5.41, 5.74) is 0.686. The Hall–Kier alpha value is -1.55. The molecule has 3 amide bonds. The smallest absolute Gasteiger partial charge is 0.284 e. The van der Waals surface area contributed by atoms with Crippen LogP contribution in [0.15, 0.2) is 24.3 Å². The number of anilines is 1. The molecule has 1 saturated heterocycles. The van der Waals surface area contributed by atoms with Crippen molar-refractivity contribution in [1.82, 2.24) is 4.90 Å². The molecule has 19 heavy (non-hydrogen) atoms. The standard InChI is InChI=1S/C14H15ClN2O2/c15-10-4-3-7-12(8-10)16-9-13(18)17(14(16)19)11-5-1-2-6-11/h3-4,7-8,11H,1-2,5-6,9H2. The monoisotopic (exact) mass is 278 g/mol. The molecule has 1 aliphatic carbocycles. The van der Waals surface area contributed by atoms with Crippen LogP contribution in [0.25, 0.3) is 0 Å². The molecular formula is C14H15ClN2O2. The van der Waals surface area contributed by atoms with E-state index in [1.54, 1.807) is 24.3 Å². The second kappa shape index (κ2) is 4.85. The molecule has 0 aromatic heterocycles. The summed E-state index contributed by atoms with van der Waals surface area (Å²) in [6.45, 7) is 0.121. The van der Waals surface area contributed by atoms with E-state index in [0.29, 0.717) is 10.7 Å². The van der Waals surface area contributed by atoms with E-state index in [4.69, 9.17) is 11.6 Å². The van der Waals surface area contributed by atoms with Crippen molar-refractivity contribution < 1.29 is 9.59 Å². The van der Waals surface area contributed by atoms with Crippen molar-refractivity contribution in [2.24, 2.45) is 0 Å². The third-order valence-electron chi connectivity index (χ3n) is 3.81. The highest BCUT2D eigenvalue weighted by Gasteiger charge is 2.41. The summed E-state index contributed by atoms with van der Waals surface area (Å²) >= 11 is 5.93. The summed E-state index contributed by atoms with van der Waals surface area (Å²) in [7, 11) is 0. The molecular weight excluding hydrogens is 264 g/mol. The van der Waals surface area contributed by atoms with E-state index in [2.05, 4.69) is 0 Å². The molecule has 1 aromatic rings. The van der Waals surface area contributed by atoms with Gasteiger partial charge in [0.1, 0.15) is 6.54 Å². The van der Waals surface area contributed by atoms with E-state index < -0.39 is 0 Å². The Kier molecular flexibility index (Phi) is 3.19. The zero-order chi connectivity index (χ0) is 13.4. The molecule has 1 aromatic carbocycles. The maximum absolute atomic E-state index is 12.4. The highest BCUT2D eigenvalue weighted by Crippen LogP contribution is 2.30. The summed E-state index contributed by atoms with van der Waals surface area (Å²) in [6, 6.07) is 6.93. The van der Waals surface area contributed by atoms with Crippen LogP contribution in [-0.4, -0.2) is 29.4 Å². The summed E-state index contributed by atoms with van der Waals surface area (Å²) < 4.78 is 0. The number of rotatable bonds is 2. The average Bonchev–Trinajstić information content (AvgIpc) is 2.98. The number of halogens is 1. The normalized spacial score (nSPS) is 20.7. The SMILES string of the molecule is O=C1CN(c2cccc(Cl)c2)C(=O)N1C1CCCC1. The number of carbonyl (C=O) groups is 2. The van der Waals surface area contributed by atoms with E-state index >= 15 is 0 Å². The number of urea groups is 1. The van der Waals surface area contributed by atoms with Gasteiger partial charge in [-0.05, 0) is 31.0 Å². The Morgan fingerprint density at radius 2 is 1.89 bits per heavy atom. The van der Waals surface area contributed by atoms with Crippen molar-refractivity contribution in [1.29, 1.82) is 0 Å². The van der Waals surface area contributed by atoms with Crippen LogP contribution in [0.5, 0.6) is 0 Å². The van der Waals surface area contributed by atoms with Gasteiger partial charge in [0.15, 0.2) is 0 Å². The summed E-state index contributed by atoms with van der Waals surface area (Å²) in [4.78, 5) is 27.4. The zero-order valence-corrected chi connectivity index (χ0v) is 11.3. The zero-order valence-electron chi connectivity index (χ0n) is 10.5. The molecule has 2 fully saturated rings. The second-order valence-electron chi connectivity index (χ2n) is 5.05. The topological polar surface area (TPSA) is 40.6 Å². The van der Waals surface area contributed by atoms with Crippen LogP contribution in [0.2, 0.25) is 5.02 Å². The van der Waals surface area contributed by atoms with Gasteiger partial charge in [-0.1, -0.05) is 30.5 Å². The lowest BCUT2D eigenvalue weighted by Gasteiger charge is -2.22. The molecule has 1 aliphatic heterocycles. The van der Waals surface area contributed by atoms with Crippen molar-refractivity contribution in [3.63, 3.8) is 0 Å². The van der Waals surface area contributed by atoms with Gasteiger partial charge in [0.2, 0.25) is 0 Å². The Bertz CT molecular complexity index is 526. The van der Waals surface area contributed by atoms with E-state index in [1.165, 1.54) is 9.80 Å². The van der Waals surface area contributed by atoms with Gasteiger partial charge in [-0.25, -0.2) is 4.79 Å². The lowest BCUT2D eigenvalue weighted by molar-refractivity contribution is -0.126. The summed E-state index contributed by atoms with van der Waals surface area (Å²) in [5, 5.41) is 0.567. The lowest BCUT2D eigenvalue weighted by Crippen LogP contribution is -2.39. The number of nitrogens with zero attached hydrogens (tertiary/aromatic N) is 2. The van der Waals surface area contributed by atoms with Gasteiger partial charge < -0.3 is 0 Å². The predicted molar refractivity (Wildman–Crippen MR) is 73.3 cm³/mol. The van der Waals surface area contributed by atoms with Crippen molar-refractivity contribution in [3.05, 3.63) is 29.3 Å². The molecule has 2 aliphatic rings. The largest absolute Gasteiger partial charge is 0.331 e. The minimum Gasteiger partial charge on any atom is -0.284 e. The lowest BCUT2D eigenvalue weighted by atomic mass is 10.2. The molecule has 0 atom stereocenters. The van der Waals surface area contributed by atoms with Crippen LogP contribution >= 0.6 is 11.6 Å². The maximum atomic E-state index is 12.4. The Morgan fingerprint density at radius 3 is 2.58 bits per heavy atom. The number of carbonyl (C=O) groups excluding carboxylic acids is 2. The molecule has 0 radical (unpaired) electrons. The minimum absolute atomic E-state index is 0.0872. The average molecular weight is 279 g/mol. The summed E-state index contributed by atoms with van der Waals surface area (Å²) in [6.07, 6.45) is 4.06. The van der Waals surface area contributed by atoms with Crippen LogP contribution in [0, 0.1) is 0 Å². The van der Waals surface area contributed by atoms with Gasteiger partial charge in [0.25, 0.3) is 5.91 Å². The third-order valence-corrected chi connectivity index (χ3v) is 4.04. The third kappa shape index (κ3) is 2.21. The molecule has 0 bridgehead atoms. The highest BCUT2D eigenvalue weighted by atomic mass is 35.5. The van der Waals surface area contributed by atoms with Gasteiger partial charge in [-0.3, -0.25) is 14.6 Å². The molecule has 0 unspecified atom stereocenters. The second-order valence-corrected chi connectivity index (χ2v) is 5.49. The van der Waals surface area contributed by atoms with Crippen molar-refractivity contribution in [3.8, 4) is 0 Å². The Morgan fingerprint density at radius 1 is 1.16 bits per heavy atom. The summed E-state index contributed by atoms with van der Waals surface area (Å²) in [5.74, 6) is -0.100. The number of hydrogen-bond donors (Lipinski definition) is 0. The van der Waals surface area contributed by atoms with Crippen LogP contribution < -0.4 is 4.90 Å². The minimum atomic E-state index is -0.209. The molecule has 0 spiro atoms. The number of imide groups is 1. The quantitative estimate of drug-likeness (QED) is 0.780. The van der Waals surface area contributed by atoms with E-state index in [0.717, 1.165) is 25.7 Å². The van der Waals surface area contributed by atoms with Crippen LogP contribution in [0.4, 0.5) is 10.5 Å². The molecule has 1 heterocycles. The first-order valence-electron chi connectivity index (χ1n) is 6.56. The Balaban J connectivity index is 1.86. The van der Waals surface area contributed by atoms with Crippen LogP contribution in [0.3, 0.4) is 0 Å². The fourth-order valence-electron chi connectivity index (χ4n) is 2.88. The first kappa shape index (κ1) is 12.5. The van der Waals surface area contributed by atoms with Gasteiger partial charge >= 0.3 is 6.03 Å². The predicted octanol–water partition coefficient (Wildman–Crippen LogP) is 3.05. The molecule has 4 nitrogen and oxygen atoms in total.